The van der Waals surface area contributed by atoms with Gasteiger partial charge in [-0.1, -0.05) is 12.1 Å². The molecule has 0 amide bonds. The number of halogens is 1. The molecule has 1 aromatic carbocycles. The molecule has 104 valence electrons. The van der Waals surface area contributed by atoms with Crippen LogP contribution in [0.25, 0.3) is 0 Å². The highest BCUT2D eigenvalue weighted by molar-refractivity contribution is 9.18. The summed E-state index contributed by atoms with van der Waals surface area (Å²) in [5.74, 6) is 0. The minimum atomic E-state index is 0.526. The van der Waals surface area contributed by atoms with Gasteiger partial charge in [0.25, 0.3) is 4.62 Å². The number of hydrogen-bond donors (Lipinski definition) is 3. The van der Waals surface area contributed by atoms with Gasteiger partial charge < -0.3 is 11.1 Å². The summed E-state index contributed by atoms with van der Waals surface area (Å²) in [6, 6.07) is 9.90. The van der Waals surface area contributed by atoms with Crippen molar-refractivity contribution in [1.29, 1.82) is 0 Å². The largest absolute Gasteiger partial charge is 0.398 e. The van der Waals surface area contributed by atoms with Crippen molar-refractivity contribution in [3.8, 4) is 0 Å². The molecule has 0 aliphatic rings. The summed E-state index contributed by atoms with van der Waals surface area (Å²) in [7, 11) is 0. The van der Waals surface area contributed by atoms with Crippen LogP contribution in [0, 0.1) is 13.8 Å². The summed E-state index contributed by atoms with van der Waals surface area (Å²) in [6.45, 7) is 4.56. The third-order valence-electron chi connectivity index (χ3n) is 3.11. The number of nitrogens with one attached hydrogen (secondary N) is 1. The standard InChI is InChI=1S/C15H17BrN4/c1-9-6-7-12(13(14(9)17)15(16)18)19-8-11-5-3-4-10(2)20-11/h3-7,18-19H,8,17H2,1-2H3/p+1. The summed E-state index contributed by atoms with van der Waals surface area (Å²) < 4.78 is 0.526. The monoisotopic (exact) mass is 333 g/mol. The average molecular weight is 334 g/mol. The fourth-order valence-corrected chi connectivity index (χ4v) is 2.44. The molecule has 0 unspecified atom stereocenters. The molecular weight excluding hydrogens is 316 g/mol. The Morgan fingerprint density at radius 3 is 2.70 bits per heavy atom. The zero-order valence-corrected chi connectivity index (χ0v) is 13.2. The van der Waals surface area contributed by atoms with Gasteiger partial charge >= 0.3 is 0 Å². The Labute approximate surface area is 127 Å². The van der Waals surface area contributed by atoms with Crippen molar-refractivity contribution < 1.29 is 5.41 Å². The molecule has 5 heteroatoms. The van der Waals surface area contributed by atoms with E-state index in [0.717, 1.165) is 28.2 Å². The Bertz CT molecular complexity index is 652. The van der Waals surface area contributed by atoms with E-state index in [9.17, 15) is 0 Å². The van der Waals surface area contributed by atoms with E-state index in [1.807, 2.05) is 44.2 Å². The van der Waals surface area contributed by atoms with E-state index in [1.54, 1.807) is 0 Å². The van der Waals surface area contributed by atoms with Crippen molar-refractivity contribution in [2.75, 3.05) is 11.1 Å². The van der Waals surface area contributed by atoms with E-state index < -0.39 is 0 Å². The van der Waals surface area contributed by atoms with Crippen LogP contribution in [0.15, 0.2) is 30.3 Å². The molecule has 0 fully saturated rings. The first-order chi connectivity index (χ1) is 9.49. The first kappa shape index (κ1) is 14.5. The minimum Gasteiger partial charge on any atom is -0.398 e. The van der Waals surface area contributed by atoms with Gasteiger partial charge in [-0.25, -0.2) is 5.41 Å². The average Bonchev–Trinajstić information content (AvgIpc) is 2.39. The van der Waals surface area contributed by atoms with Crippen molar-refractivity contribution in [1.82, 2.24) is 4.98 Å². The molecule has 1 heterocycles. The third kappa shape index (κ3) is 3.17. The van der Waals surface area contributed by atoms with Gasteiger partial charge in [-0.05, 0) is 37.6 Å². The number of anilines is 2. The molecule has 4 nitrogen and oxygen atoms in total. The Morgan fingerprint density at radius 1 is 1.30 bits per heavy atom. The minimum absolute atomic E-state index is 0.526. The summed E-state index contributed by atoms with van der Waals surface area (Å²) in [6.07, 6.45) is 0. The van der Waals surface area contributed by atoms with Crippen LogP contribution in [0.1, 0.15) is 22.5 Å². The number of pyridine rings is 1. The van der Waals surface area contributed by atoms with Gasteiger partial charge in [0.1, 0.15) is 0 Å². The molecule has 0 saturated heterocycles. The van der Waals surface area contributed by atoms with E-state index >= 15 is 0 Å². The number of nitrogen functional groups attached to an aromatic ring is 1. The maximum absolute atomic E-state index is 6.09. The van der Waals surface area contributed by atoms with Gasteiger partial charge in [0, 0.05) is 21.6 Å². The van der Waals surface area contributed by atoms with Gasteiger partial charge in [0.05, 0.1) is 29.2 Å². The van der Waals surface area contributed by atoms with Gasteiger partial charge in [0.2, 0.25) is 0 Å². The molecule has 0 aliphatic heterocycles. The quantitative estimate of drug-likeness (QED) is 0.589. The number of benzene rings is 1. The molecule has 0 atom stereocenters. The molecule has 0 radical (unpaired) electrons. The Hall–Kier alpha value is -1.88. The first-order valence-corrected chi connectivity index (χ1v) is 7.12. The molecule has 2 aromatic rings. The fourth-order valence-electron chi connectivity index (χ4n) is 2.01. The number of nitrogens with two attached hydrogens (primary N) is 2. The van der Waals surface area contributed by atoms with E-state index in [-0.39, 0.29) is 0 Å². The molecule has 0 spiro atoms. The number of hydrogen-bond acceptors (Lipinski definition) is 3. The van der Waals surface area contributed by atoms with Crippen LogP contribution >= 0.6 is 15.9 Å². The number of aromatic nitrogens is 1. The Kier molecular flexibility index (Phi) is 4.39. The van der Waals surface area contributed by atoms with Crippen molar-refractivity contribution in [2.45, 2.75) is 20.4 Å². The van der Waals surface area contributed by atoms with Crippen LogP contribution in [0.3, 0.4) is 0 Å². The van der Waals surface area contributed by atoms with Crippen molar-refractivity contribution in [3.05, 3.63) is 52.8 Å². The lowest BCUT2D eigenvalue weighted by Crippen LogP contribution is -2.37. The Morgan fingerprint density at radius 2 is 2.05 bits per heavy atom. The molecule has 0 aliphatic carbocycles. The maximum atomic E-state index is 6.09. The molecule has 1 aromatic heterocycles. The number of aryl methyl sites for hydroxylation is 2. The molecule has 0 saturated carbocycles. The lowest BCUT2D eigenvalue weighted by Gasteiger charge is -2.13. The summed E-state index contributed by atoms with van der Waals surface area (Å²) in [5.41, 5.74) is 11.4. The van der Waals surface area contributed by atoms with E-state index in [1.165, 1.54) is 0 Å². The van der Waals surface area contributed by atoms with Gasteiger partial charge in [-0.3, -0.25) is 4.98 Å². The van der Waals surface area contributed by atoms with Crippen LogP contribution in [-0.2, 0) is 6.54 Å². The topological polar surface area (TPSA) is 76.5 Å². The third-order valence-corrected chi connectivity index (χ3v) is 3.50. The zero-order chi connectivity index (χ0) is 14.7. The molecular formula is C15H18BrN4+. The molecule has 5 N–H and O–H groups in total. The van der Waals surface area contributed by atoms with E-state index in [0.29, 0.717) is 16.9 Å². The molecule has 20 heavy (non-hydrogen) atoms. The van der Waals surface area contributed by atoms with Crippen LogP contribution in [0.5, 0.6) is 0 Å². The lowest BCUT2D eigenvalue weighted by molar-refractivity contribution is -0.106. The zero-order valence-electron chi connectivity index (χ0n) is 11.6. The van der Waals surface area contributed by atoms with Crippen LogP contribution < -0.4 is 16.5 Å². The van der Waals surface area contributed by atoms with Gasteiger partial charge in [0.15, 0.2) is 0 Å². The highest BCUT2D eigenvalue weighted by Crippen LogP contribution is 2.27. The number of nitrogens with zero attached hydrogens (tertiary/aromatic N) is 1. The normalized spacial score (nSPS) is 10.3. The molecule has 0 bridgehead atoms. The number of rotatable bonds is 4. The van der Waals surface area contributed by atoms with E-state index in [2.05, 4.69) is 26.2 Å². The highest BCUT2D eigenvalue weighted by atomic mass is 79.9. The fraction of sp³-hybridized carbons (Fsp3) is 0.200. The summed E-state index contributed by atoms with van der Waals surface area (Å²) in [4.78, 5) is 4.46. The summed E-state index contributed by atoms with van der Waals surface area (Å²) in [5, 5.41) is 9.21. The molecule has 2 rings (SSSR count). The second-order valence-corrected chi connectivity index (χ2v) is 5.54. The van der Waals surface area contributed by atoms with Crippen LogP contribution in [0.2, 0.25) is 0 Å². The highest BCUT2D eigenvalue weighted by Gasteiger charge is 2.15. The lowest BCUT2D eigenvalue weighted by atomic mass is 10.1. The predicted molar refractivity (Wildman–Crippen MR) is 86.9 cm³/mol. The second kappa shape index (κ2) is 6.05. The predicted octanol–water partition coefficient (Wildman–Crippen LogP) is 1.79. The maximum Gasteiger partial charge on any atom is 0.250 e. The van der Waals surface area contributed by atoms with Crippen LogP contribution in [-0.4, -0.2) is 9.60 Å². The smallest absolute Gasteiger partial charge is 0.250 e. The Balaban J connectivity index is 2.26. The second-order valence-electron chi connectivity index (χ2n) is 4.69. The van der Waals surface area contributed by atoms with Crippen molar-refractivity contribution in [3.63, 3.8) is 0 Å². The van der Waals surface area contributed by atoms with Crippen molar-refractivity contribution >= 4 is 31.9 Å². The van der Waals surface area contributed by atoms with Gasteiger partial charge in [-0.15, -0.1) is 0 Å². The summed E-state index contributed by atoms with van der Waals surface area (Å²) >= 11 is 3.32. The van der Waals surface area contributed by atoms with Gasteiger partial charge in [-0.2, -0.15) is 0 Å². The first-order valence-electron chi connectivity index (χ1n) is 6.33. The SMILES string of the molecule is Cc1cccc(CNc2ccc(C)c(N)c2C(=[NH2+])Br)n1. The van der Waals surface area contributed by atoms with E-state index in [4.69, 9.17) is 11.1 Å². The van der Waals surface area contributed by atoms with Crippen LogP contribution in [0.4, 0.5) is 11.4 Å². The van der Waals surface area contributed by atoms with Crippen molar-refractivity contribution in [2.24, 2.45) is 0 Å².